The molecule has 17 heteroatoms. The number of hydrogen-bond acceptors (Lipinski definition) is 9. The summed E-state index contributed by atoms with van der Waals surface area (Å²) in [7, 11) is 1.27. The first kappa shape index (κ1) is 31.4. The van der Waals surface area contributed by atoms with Crippen LogP contribution in [0.1, 0.15) is 47.9 Å². The number of primary amides is 1. The van der Waals surface area contributed by atoms with E-state index in [-0.39, 0.29) is 81.4 Å². The normalized spacial score (nSPS) is 21.0. The lowest BCUT2D eigenvalue weighted by Crippen LogP contribution is -2.49. The van der Waals surface area contributed by atoms with E-state index in [1.165, 1.54) is 50.4 Å². The van der Waals surface area contributed by atoms with Crippen molar-refractivity contribution in [2.45, 2.75) is 49.3 Å². The molecule has 1 saturated carbocycles. The Morgan fingerprint density at radius 1 is 1.15 bits per heavy atom. The summed E-state index contributed by atoms with van der Waals surface area (Å²) >= 11 is 0. The Labute approximate surface area is 267 Å². The van der Waals surface area contributed by atoms with Gasteiger partial charge in [0.2, 0.25) is 5.91 Å². The second-order valence-corrected chi connectivity index (χ2v) is 12.1. The van der Waals surface area contributed by atoms with Crippen LogP contribution in [0, 0.1) is 0 Å². The summed E-state index contributed by atoms with van der Waals surface area (Å²) in [6.45, 7) is -2.43. The Bertz CT molecular complexity index is 2020. The molecule has 4 N–H and O–H groups in total. The van der Waals surface area contributed by atoms with E-state index >= 15 is 4.39 Å². The fourth-order valence-electron chi connectivity index (χ4n) is 5.91. The highest BCUT2D eigenvalue weighted by atomic mass is 19.3. The molecule has 4 aromatic rings. The zero-order chi connectivity index (χ0) is 34.4. The smallest absolute Gasteiger partial charge is 0.494 e. The lowest BCUT2D eigenvalue weighted by Gasteiger charge is -2.33. The number of carbonyl (C=O) groups is 2. The third-order valence-electron chi connectivity index (χ3n) is 8.92. The number of rotatable bonds is 9. The van der Waals surface area contributed by atoms with Crippen LogP contribution in [0.25, 0.3) is 22.2 Å². The van der Waals surface area contributed by atoms with E-state index in [1.54, 1.807) is 0 Å². The number of nitrogens with two attached hydrogens (primary N) is 1. The van der Waals surface area contributed by atoms with E-state index in [1.807, 2.05) is 0 Å². The van der Waals surface area contributed by atoms with Gasteiger partial charge >= 0.3 is 12.8 Å². The average Bonchev–Trinajstić information content (AvgIpc) is 3.36. The molecule has 2 atom stereocenters. The predicted molar refractivity (Wildman–Crippen MR) is 155 cm³/mol. The lowest BCUT2D eigenvalue weighted by molar-refractivity contribution is -0.286. The molecule has 0 bridgehead atoms. The monoisotopic (exact) mass is 675 g/mol. The van der Waals surface area contributed by atoms with E-state index in [2.05, 4.69) is 24.9 Å². The van der Waals surface area contributed by atoms with Gasteiger partial charge in [0.1, 0.15) is 40.4 Å². The minimum Gasteiger partial charge on any atom is -0.494 e. The fraction of sp³-hybridized carbons (Fsp3) is 0.355. The van der Waals surface area contributed by atoms with Gasteiger partial charge in [-0.2, -0.15) is 13.9 Å². The van der Waals surface area contributed by atoms with Crippen LogP contribution in [-0.2, 0) is 15.8 Å². The lowest BCUT2D eigenvalue weighted by atomic mass is 9.80. The SMILES string of the molecule is COc1cc(C(=O)NC[C@](O)(c2cc3c(c(-c4ccc5c(c4)OC(F)(F)O5)n2)OC[C@]3(C)C(N)=O)C2(F)CC2)cc2cn(C(F)F)nc12. The van der Waals surface area contributed by atoms with Crippen LogP contribution in [0.4, 0.5) is 22.0 Å². The molecule has 12 nitrogen and oxygen atoms in total. The van der Waals surface area contributed by atoms with Crippen molar-refractivity contribution in [3.63, 3.8) is 0 Å². The van der Waals surface area contributed by atoms with Crippen LogP contribution in [0.3, 0.4) is 0 Å². The Morgan fingerprint density at radius 2 is 1.88 bits per heavy atom. The highest BCUT2D eigenvalue weighted by Crippen LogP contribution is 2.55. The number of carbonyl (C=O) groups excluding carboxylic acids is 2. The minimum absolute atomic E-state index is 0.0219. The number of halogens is 5. The number of methoxy groups -OCH3 is 1. The summed E-state index contributed by atoms with van der Waals surface area (Å²) in [5.41, 5.74) is -0.547. The summed E-state index contributed by atoms with van der Waals surface area (Å²) < 4.78 is 90.8. The van der Waals surface area contributed by atoms with Crippen LogP contribution in [0.2, 0.25) is 0 Å². The van der Waals surface area contributed by atoms with Gasteiger partial charge in [-0.05, 0) is 56.2 Å². The molecule has 2 aromatic carbocycles. The number of amides is 2. The van der Waals surface area contributed by atoms with Crippen LogP contribution in [-0.4, -0.2) is 63.9 Å². The van der Waals surface area contributed by atoms with Crippen LogP contribution in [0.5, 0.6) is 23.0 Å². The number of nitrogens with one attached hydrogen (secondary N) is 1. The molecule has 2 aromatic heterocycles. The summed E-state index contributed by atoms with van der Waals surface area (Å²) in [6, 6.07) is 7.57. The number of benzene rings is 2. The second-order valence-electron chi connectivity index (χ2n) is 12.1. The third-order valence-corrected chi connectivity index (χ3v) is 8.92. The number of fused-ring (bicyclic) bond motifs is 3. The third kappa shape index (κ3) is 4.82. The first-order valence-electron chi connectivity index (χ1n) is 14.5. The molecule has 1 fully saturated rings. The quantitative estimate of drug-likeness (QED) is 0.222. The predicted octanol–water partition coefficient (Wildman–Crippen LogP) is 4.08. The van der Waals surface area contributed by atoms with Crippen LogP contribution in [0.15, 0.2) is 42.6 Å². The molecule has 0 unspecified atom stereocenters. The Hall–Kier alpha value is -5.19. The Kier molecular flexibility index (Phi) is 6.81. The van der Waals surface area contributed by atoms with Gasteiger partial charge < -0.3 is 35.1 Å². The molecular formula is C31H26F5N5O7. The minimum atomic E-state index is -3.91. The van der Waals surface area contributed by atoms with Crippen molar-refractivity contribution in [1.29, 1.82) is 0 Å². The van der Waals surface area contributed by atoms with Gasteiger partial charge in [-0.3, -0.25) is 9.59 Å². The maximum Gasteiger partial charge on any atom is 0.586 e. The van der Waals surface area contributed by atoms with Crippen molar-refractivity contribution in [2.75, 3.05) is 20.3 Å². The van der Waals surface area contributed by atoms with Crippen LogP contribution < -0.4 is 30.0 Å². The summed E-state index contributed by atoms with van der Waals surface area (Å²) in [5, 5.41) is 18.5. The van der Waals surface area contributed by atoms with Crippen molar-refractivity contribution in [1.82, 2.24) is 20.1 Å². The molecule has 2 amide bonds. The van der Waals surface area contributed by atoms with Gasteiger partial charge in [-0.25, -0.2) is 14.1 Å². The van der Waals surface area contributed by atoms with E-state index < -0.39 is 47.9 Å². The summed E-state index contributed by atoms with van der Waals surface area (Å²) in [5.74, 6) is -2.12. The Balaban J connectivity index is 1.29. The number of pyridine rings is 1. The summed E-state index contributed by atoms with van der Waals surface area (Å²) in [4.78, 5) is 30.5. The van der Waals surface area contributed by atoms with Crippen molar-refractivity contribution in [2.24, 2.45) is 5.73 Å². The highest BCUT2D eigenvalue weighted by Gasteiger charge is 2.62. The number of nitrogens with zero attached hydrogens (tertiary/aromatic N) is 3. The first-order chi connectivity index (χ1) is 22.6. The molecular weight excluding hydrogens is 649 g/mol. The van der Waals surface area contributed by atoms with E-state index in [0.717, 1.165) is 6.20 Å². The molecule has 3 aliphatic rings. The van der Waals surface area contributed by atoms with Crippen molar-refractivity contribution in [3.8, 4) is 34.3 Å². The largest absolute Gasteiger partial charge is 0.586 e. The Morgan fingerprint density at radius 3 is 2.54 bits per heavy atom. The molecule has 252 valence electrons. The zero-order valence-electron chi connectivity index (χ0n) is 25.2. The van der Waals surface area contributed by atoms with Crippen molar-refractivity contribution < 1.29 is 55.6 Å². The van der Waals surface area contributed by atoms with Gasteiger partial charge in [0.25, 0.3) is 5.91 Å². The van der Waals surface area contributed by atoms with Gasteiger partial charge in [0.15, 0.2) is 17.1 Å². The van der Waals surface area contributed by atoms with E-state index in [9.17, 15) is 32.3 Å². The molecule has 0 spiro atoms. The molecule has 2 aliphatic heterocycles. The van der Waals surface area contributed by atoms with Crippen LogP contribution >= 0.6 is 0 Å². The average molecular weight is 676 g/mol. The van der Waals surface area contributed by atoms with Crippen molar-refractivity contribution in [3.05, 3.63) is 59.4 Å². The van der Waals surface area contributed by atoms with Gasteiger partial charge in [-0.15, -0.1) is 8.78 Å². The molecule has 0 saturated heterocycles. The second kappa shape index (κ2) is 10.4. The maximum atomic E-state index is 16.2. The number of alkyl halides is 5. The van der Waals surface area contributed by atoms with E-state index in [0.29, 0.717) is 4.68 Å². The molecule has 4 heterocycles. The fourth-order valence-corrected chi connectivity index (χ4v) is 5.91. The maximum absolute atomic E-state index is 16.2. The first-order valence-corrected chi connectivity index (χ1v) is 14.5. The van der Waals surface area contributed by atoms with Gasteiger partial charge in [0, 0.05) is 28.3 Å². The summed E-state index contributed by atoms with van der Waals surface area (Å²) in [6.07, 6.45) is -3.10. The van der Waals surface area contributed by atoms with Crippen molar-refractivity contribution >= 4 is 22.7 Å². The number of aromatic nitrogens is 3. The molecule has 1 aliphatic carbocycles. The van der Waals surface area contributed by atoms with Gasteiger partial charge in [-0.1, -0.05) is 0 Å². The molecule has 48 heavy (non-hydrogen) atoms. The highest BCUT2D eigenvalue weighted by molar-refractivity contribution is 6.00. The zero-order valence-corrected chi connectivity index (χ0v) is 25.2. The van der Waals surface area contributed by atoms with E-state index in [4.69, 9.17) is 15.2 Å². The molecule has 0 radical (unpaired) electrons. The topological polar surface area (TPSA) is 160 Å². The number of aliphatic hydroxyl groups is 1. The molecule has 7 rings (SSSR count). The van der Waals surface area contributed by atoms with Gasteiger partial charge in [0.05, 0.1) is 19.3 Å². The standard InChI is InChI=1S/C31H26F5N5O7/c1-28(26(37)43)13-46-24-17(28)10-21(39-23(24)14-3-4-18-19(8-14)48-31(35,36)47-18)30(44,29(34)5-6-29)12-38-25(42)15-7-16-11-41(27(32)33)40-22(16)20(9-15)45-2/h3-4,7-11,27,44H,5-6,12-13H2,1-2H3,(H2,37,43)(H,38,42)/t28-,30-/m0/s1. The number of hydrogen-bond donors (Lipinski definition) is 3. The number of ether oxygens (including phenoxy) is 4.